The van der Waals surface area contributed by atoms with Crippen molar-refractivity contribution in [3.63, 3.8) is 0 Å². The van der Waals surface area contributed by atoms with Crippen LogP contribution >= 0.6 is 0 Å². The summed E-state index contributed by atoms with van der Waals surface area (Å²) in [6.07, 6.45) is 0.559. The van der Waals surface area contributed by atoms with Gasteiger partial charge in [0.15, 0.2) is 0 Å². The van der Waals surface area contributed by atoms with E-state index >= 15 is 0 Å². The van der Waals surface area contributed by atoms with Crippen molar-refractivity contribution in [1.82, 2.24) is 4.90 Å². The summed E-state index contributed by atoms with van der Waals surface area (Å²) in [6, 6.07) is 14.3. The first kappa shape index (κ1) is 24.0. The van der Waals surface area contributed by atoms with E-state index in [4.69, 9.17) is 4.74 Å². The highest BCUT2D eigenvalue weighted by Crippen LogP contribution is 2.54. The van der Waals surface area contributed by atoms with E-state index in [1.807, 2.05) is 39.0 Å². The van der Waals surface area contributed by atoms with Crippen molar-refractivity contribution in [2.45, 2.75) is 85.8 Å². The van der Waals surface area contributed by atoms with Gasteiger partial charge in [-0.2, -0.15) is 0 Å². The molecule has 172 valence electrons. The first-order chi connectivity index (χ1) is 14.8. The second kappa shape index (κ2) is 8.73. The van der Waals surface area contributed by atoms with Crippen molar-refractivity contribution in [2.24, 2.45) is 5.41 Å². The minimum absolute atomic E-state index is 0.161. The molecule has 2 aromatic rings. The molecular weight excluding hydrogens is 398 g/mol. The third kappa shape index (κ3) is 4.90. The summed E-state index contributed by atoms with van der Waals surface area (Å²) in [5.74, 6) is 0.0903. The zero-order chi connectivity index (χ0) is 23.8. The van der Waals surface area contributed by atoms with Gasteiger partial charge in [0.25, 0.3) is 0 Å². The van der Waals surface area contributed by atoms with Crippen molar-refractivity contribution >= 4 is 12.0 Å². The molecule has 1 fully saturated rings. The first-order valence-electron chi connectivity index (χ1n) is 11.5. The molecule has 3 atom stereocenters. The quantitative estimate of drug-likeness (QED) is 0.518. The van der Waals surface area contributed by atoms with Crippen molar-refractivity contribution in [3.05, 3.63) is 70.3 Å². The number of carbonyl (C=O) groups is 2. The molecule has 0 spiro atoms. The molecule has 1 saturated heterocycles. The number of rotatable bonds is 4. The third-order valence-electron chi connectivity index (χ3n) is 6.48. The van der Waals surface area contributed by atoms with Gasteiger partial charge in [0.2, 0.25) is 5.91 Å². The highest BCUT2D eigenvalue weighted by atomic mass is 16.6. The Morgan fingerprint density at radius 3 is 2.22 bits per heavy atom. The molecule has 1 aliphatic heterocycles. The number of ether oxygens (including phenoxy) is 1. The number of aryl methyl sites for hydroxylation is 3. The molecule has 0 saturated carbocycles. The summed E-state index contributed by atoms with van der Waals surface area (Å²) >= 11 is 0. The van der Waals surface area contributed by atoms with Gasteiger partial charge in [-0.15, -0.1) is 0 Å². The second-order valence-corrected chi connectivity index (χ2v) is 10.8. The van der Waals surface area contributed by atoms with Gasteiger partial charge >= 0.3 is 6.09 Å². The Morgan fingerprint density at radius 1 is 1.12 bits per heavy atom. The smallest absolute Gasteiger partial charge is 0.417 e. The number of benzene rings is 2. The van der Waals surface area contributed by atoms with E-state index in [2.05, 4.69) is 58.9 Å². The monoisotopic (exact) mass is 435 g/mol. The molecule has 4 heteroatoms. The number of hydrogen-bond donors (Lipinski definition) is 0. The fraction of sp³-hybridized carbons (Fsp3) is 0.500. The molecule has 32 heavy (non-hydrogen) atoms. The SMILES string of the molecule is Cc1cc(C)c([C@@H]2N(C(=O)OC(C)(C)C)C(=O)CC2(C)C[C@H](C)c2ccccc2)c(C)c1. The maximum atomic E-state index is 13.3. The highest BCUT2D eigenvalue weighted by Gasteiger charge is 2.54. The fourth-order valence-corrected chi connectivity index (χ4v) is 5.38. The maximum Gasteiger partial charge on any atom is 0.417 e. The zero-order valence-electron chi connectivity index (χ0n) is 20.8. The molecule has 0 radical (unpaired) electrons. The highest BCUT2D eigenvalue weighted by molar-refractivity contribution is 5.95. The van der Waals surface area contributed by atoms with Crippen molar-refractivity contribution in [3.8, 4) is 0 Å². The summed E-state index contributed by atoms with van der Waals surface area (Å²) in [5.41, 5.74) is 4.62. The van der Waals surface area contributed by atoms with Crippen LogP contribution in [-0.4, -0.2) is 22.5 Å². The number of hydrogen-bond acceptors (Lipinski definition) is 3. The standard InChI is InChI=1S/C28H37NO3/c1-18-14-19(2)24(20(3)15-18)25-28(8,16-21(4)22-12-10-9-11-13-22)17-23(30)29(25)26(31)32-27(5,6)7/h9-15,21,25H,16-17H2,1-8H3/t21-,25-,28?/m0/s1. The number of nitrogens with zero attached hydrogens (tertiary/aromatic N) is 1. The minimum Gasteiger partial charge on any atom is -0.443 e. The summed E-state index contributed by atoms with van der Waals surface area (Å²) in [5, 5.41) is 0. The molecule has 1 aliphatic rings. The Bertz CT molecular complexity index is 982. The summed E-state index contributed by atoms with van der Waals surface area (Å²) in [6.45, 7) is 16.1. The largest absolute Gasteiger partial charge is 0.443 e. The van der Waals surface area contributed by atoms with Gasteiger partial charge in [0.05, 0.1) is 6.04 Å². The number of imide groups is 1. The molecule has 0 aliphatic carbocycles. The lowest BCUT2D eigenvalue weighted by molar-refractivity contribution is -0.128. The van der Waals surface area contributed by atoms with Crippen LogP contribution in [0.3, 0.4) is 0 Å². The molecule has 2 amide bonds. The zero-order valence-corrected chi connectivity index (χ0v) is 20.8. The van der Waals surface area contributed by atoms with E-state index in [0.717, 1.165) is 23.1 Å². The van der Waals surface area contributed by atoms with E-state index in [-0.39, 0.29) is 17.9 Å². The summed E-state index contributed by atoms with van der Waals surface area (Å²) in [7, 11) is 0. The predicted octanol–water partition coefficient (Wildman–Crippen LogP) is 7.02. The summed E-state index contributed by atoms with van der Waals surface area (Å²) < 4.78 is 5.70. The topological polar surface area (TPSA) is 46.6 Å². The lowest BCUT2D eigenvalue weighted by Gasteiger charge is -2.38. The molecule has 0 aromatic heterocycles. The van der Waals surface area contributed by atoms with Gasteiger partial charge in [-0.05, 0) is 76.1 Å². The Morgan fingerprint density at radius 2 is 1.69 bits per heavy atom. The lowest BCUT2D eigenvalue weighted by atomic mass is 9.70. The number of amides is 2. The predicted molar refractivity (Wildman–Crippen MR) is 129 cm³/mol. The molecule has 1 heterocycles. The van der Waals surface area contributed by atoms with E-state index in [1.165, 1.54) is 16.0 Å². The average Bonchev–Trinajstić information content (AvgIpc) is 2.90. The molecule has 0 bridgehead atoms. The number of likely N-dealkylation sites (tertiary alicyclic amines) is 1. The van der Waals surface area contributed by atoms with E-state index in [1.54, 1.807) is 0 Å². The first-order valence-corrected chi connectivity index (χ1v) is 11.5. The normalized spacial score (nSPS) is 22.2. The Balaban J connectivity index is 2.10. The van der Waals surface area contributed by atoms with E-state index < -0.39 is 17.1 Å². The molecule has 0 N–H and O–H groups in total. The molecule has 2 aromatic carbocycles. The average molecular weight is 436 g/mol. The van der Waals surface area contributed by atoms with Crippen LogP contribution in [0.2, 0.25) is 0 Å². The van der Waals surface area contributed by atoms with Gasteiger partial charge in [-0.3, -0.25) is 4.79 Å². The van der Waals surface area contributed by atoms with Gasteiger partial charge < -0.3 is 4.74 Å². The van der Waals surface area contributed by atoms with E-state index in [0.29, 0.717) is 6.42 Å². The Labute approximate surface area is 193 Å². The van der Waals surface area contributed by atoms with Crippen LogP contribution in [0.1, 0.15) is 87.2 Å². The van der Waals surface area contributed by atoms with Crippen LogP contribution < -0.4 is 0 Å². The van der Waals surface area contributed by atoms with Crippen molar-refractivity contribution < 1.29 is 14.3 Å². The maximum absolute atomic E-state index is 13.3. The van der Waals surface area contributed by atoms with Gasteiger partial charge in [0, 0.05) is 11.8 Å². The summed E-state index contributed by atoms with van der Waals surface area (Å²) in [4.78, 5) is 28.0. The van der Waals surface area contributed by atoms with Crippen LogP contribution in [-0.2, 0) is 9.53 Å². The Kier molecular flexibility index (Phi) is 6.55. The van der Waals surface area contributed by atoms with Crippen LogP contribution in [0.15, 0.2) is 42.5 Å². The van der Waals surface area contributed by atoms with Gasteiger partial charge in [-0.25, -0.2) is 9.69 Å². The fourth-order valence-electron chi connectivity index (χ4n) is 5.38. The molecular formula is C28H37NO3. The third-order valence-corrected chi connectivity index (χ3v) is 6.48. The van der Waals surface area contributed by atoms with Crippen molar-refractivity contribution in [1.29, 1.82) is 0 Å². The van der Waals surface area contributed by atoms with Crippen LogP contribution in [0, 0.1) is 26.2 Å². The number of carbonyl (C=O) groups excluding carboxylic acids is 2. The lowest BCUT2D eigenvalue weighted by Crippen LogP contribution is -2.41. The van der Waals surface area contributed by atoms with Gasteiger partial charge in [0.1, 0.15) is 5.60 Å². The van der Waals surface area contributed by atoms with Crippen LogP contribution in [0.25, 0.3) is 0 Å². The van der Waals surface area contributed by atoms with Crippen molar-refractivity contribution in [2.75, 3.05) is 0 Å². The van der Waals surface area contributed by atoms with Crippen LogP contribution in [0.4, 0.5) is 4.79 Å². The molecule has 3 rings (SSSR count). The second-order valence-electron chi connectivity index (χ2n) is 10.8. The molecule has 4 nitrogen and oxygen atoms in total. The van der Waals surface area contributed by atoms with Gasteiger partial charge in [-0.1, -0.05) is 61.9 Å². The minimum atomic E-state index is -0.671. The molecule has 1 unspecified atom stereocenters. The van der Waals surface area contributed by atoms with E-state index in [9.17, 15) is 9.59 Å². The van der Waals surface area contributed by atoms with Crippen LogP contribution in [0.5, 0.6) is 0 Å². The Hall–Kier alpha value is -2.62.